The molecule has 6 nitrogen and oxygen atoms in total. The minimum absolute atomic E-state index is 0.0161. The molecule has 0 bridgehead atoms. The van der Waals surface area contributed by atoms with Crippen LogP contribution in [0.1, 0.15) is 47.1 Å². The van der Waals surface area contributed by atoms with Crippen molar-refractivity contribution >= 4 is 49.6 Å². The molecule has 0 saturated heterocycles. The zero-order chi connectivity index (χ0) is 21.4. The van der Waals surface area contributed by atoms with Gasteiger partial charge in [-0.25, -0.2) is 0 Å². The molecule has 154 valence electrons. The van der Waals surface area contributed by atoms with Crippen molar-refractivity contribution in [3.63, 3.8) is 0 Å². The Morgan fingerprint density at radius 3 is 2.72 bits per heavy atom. The quantitative estimate of drug-likeness (QED) is 0.283. The number of thiophene rings is 1. The van der Waals surface area contributed by atoms with E-state index in [1.165, 1.54) is 29.8 Å². The molecule has 2 heterocycles. The first-order chi connectivity index (χ1) is 14.0. The highest BCUT2D eigenvalue weighted by Crippen LogP contribution is 2.40. The number of rotatable bonds is 8. The SMILES string of the molecule is C=CCCC/C(=C\C)CNC.NC(=O)c1oc2c(sc3cc(C=O)ccc32)c1N. The lowest BCUT2D eigenvalue weighted by molar-refractivity contribution is 0.0977. The third kappa shape index (κ3) is 5.34. The molecule has 3 rings (SSSR count). The number of carbonyl (C=O) groups is 2. The zero-order valence-corrected chi connectivity index (χ0v) is 17.6. The molecule has 7 heteroatoms. The van der Waals surface area contributed by atoms with E-state index in [9.17, 15) is 9.59 Å². The van der Waals surface area contributed by atoms with Crippen LogP contribution in [0.3, 0.4) is 0 Å². The highest BCUT2D eigenvalue weighted by atomic mass is 32.1. The number of unbranched alkanes of at least 4 members (excludes halogenated alkanes) is 1. The van der Waals surface area contributed by atoms with Gasteiger partial charge < -0.3 is 21.2 Å². The predicted molar refractivity (Wildman–Crippen MR) is 122 cm³/mol. The second kappa shape index (κ2) is 10.6. The van der Waals surface area contributed by atoms with E-state index in [1.54, 1.807) is 18.2 Å². The summed E-state index contributed by atoms with van der Waals surface area (Å²) in [5.74, 6) is -0.703. The third-order valence-corrected chi connectivity index (χ3v) is 5.61. The summed E-state index contributed by atoms with van der Waals surface area (Å²) in [4.78, 5) is 21.8. The summed E-state index contributed by atoms with van der Waals surface area (Å²) in [6.45, 7) is 6.81. The van der Waals surface area contributed by atoms with Crippen molar-refractivity contribution in [1.29, 1.82) is 0 Å². The van der Waals surface area contributed by atoms with Gasteiger partial charge in [-0.2, -0.15) is 0 Å². The van der Waals surface area contributed by atoms with Gasteiger partial charge in [-0.05, 0) is 45.4 Å². The molecule has 0 aliphatic heterocycles. The molecule has 0 unspecified atom stereocenters. The fourth-order valence-electron chi connectivity index (χ4n) is 2.92. The number of fused-ring (bicyclic) bond motifs is 3. The second-order valence-electron chi connectivity index (χ2n) is 6.50. The van der Waals surface area contributed by atoms with Crippen LogP contribution in [0, 0.1) is 0 Å². The molecule has 0 aliphatic rings. The number of nitrogens with one attached hydrogen (secondary N) is 1. The van der Waals surface area contributed by atoms with Crippen molar-refractivity contribution in [1.82, 2.24) is 5.32 Å². The van der Waals surface area contributed by atoms with Gasteiger partial charge in [0, 0.05) is 22.2 Å². The predicted octanol–water partition coefficient (Wildman–Crippen LogP) is 4.65. The number of nitrogens with two attached hydrogens (primary N) is 2. The lowest BCUT2D eigenvalue weighted by atomic mass is 10.1. The van der Waals surface area contributed by atoms with Crippen LogP contribution in [0.4, 0.5) is 5.69 Å². The van der Waals surface area contributed by atoms with E-state index in [2.05, 4.69) is 24.9 Å². The molecule has 2 aromatic heterocycles. The van der Waals surface area contributed by atoms with Gasteiger partial charge in [0.05, 0.1) is 4.70 Å². The van der Waals surface area contributed by atoms with Gasteiger partial charge >= 0.3 is 0 Å². The van der Waals surface area contributed by atoms with Crippen LogP contribution in [-0.2, 0) is 0 Å². The summed E-state index contributed by atoms with van der Waals surface area (Å²) in [5.41, 5.74) is 13.9. The van der Waals surface area contributed by atoms with Crippen LogP contribution in [0.15, 0.2) is 46.9 Å². The minimum atomic E-state index is -0.687. The van der Waals surface area contributed by atoms with Gasteiger partial charge in [0.25, 0.3) is 5.91 Å². The lowest BCUT2D eigenvalue weighted by Crippen LogP contribution is -2.11. The molecule has 0 atom stereocenters. The fraction of sp³-hybridized carbons (Fsp3) is 0.273. The van der Waals surface area contributed by atoms with E-state index in [1.807, 2.05) is 13.1 Å². The molecule has 1 amide bonds. The van der Waals surface area contributed by atoms with Crippen molar-refractivity contribution in [2.24, 2.45) is 5.73 Å². The summed E-state index contributed by atoms with van der Waals surface area (Å²) in [6, 6.07) is 5.21. The smallest absolute Gasteiger partial charge is 0.286 e. The monoisotopic (exact) mass is 413 g/mol. The molecule has 0 fully saturated rings. The number of hydrogen-bond acceptors (Lipinski definition) is 6. The summed E-state index contributed by atoms with van der Waals surface area (Å²) in [7, 11) is 1.98. The van der Waals surface area contributed by atoms with E-state index in [0.717, 1.165) is 29.3 Å². The van der Waals surface area contributed by atoms with Crippen molar-refractivity contribution in [2.45, 2.75) is 26.2 Å². The van der Waals surface area contributed by atoms with Crippen LogP contribution in [-0.4, -0.2) is 25.8 Å². The maximum atomic E-state index is 11.1. The number of hydrogen-bond donors (Lipinski definition) is 3. The van der Waals surface area contributed by atoms with Crippen molar-refractivity contribution in [3.8, 4) is 0 Å². The number of furan rings is 1. The Hall–Kier alpha value is -2.90. The van der Waals surface area contributed by atoms with Gasteiger partial charge in [-0.1, -0.05) is 23.8 Å². The number of likely N-dealkylation sites (N-methyl/N-ethyl adjacent to an activating group) is 1. The van der Waals surface area contributed by atoms with E-state index in [0.29, 0.717) is 15.8 Å². The van der Waals surface area contributed by atoms with Gasteiger partial charge in [-0.3, -0.25) is 9.59 Å². The standard InChI is InChI=1S/C12H8N2O3S.C10H19N/c13-8-10(12(14)16)17-9-6-2-1-5(4-15)3-7(6)18-11(8)9;1-4-6-7-8-10(5-2)9-11-3/h1-4H,13H2,(H2,14,16);4-5,11H,1,6-9H2,2-3H3/b;10-5+. The average molecular weight is 414 g/mol. The van der Waals surface area contributed by atoms with Gasteiger partial charge in [0.2, 0.25) is 5.76 Å². The maximum Gasteiger partial charge on any atom is 0.286 e. The number of anilines is 1. The van der Waals surface area contributed by atoms with E-state index >= 15 is 0 Å². The normalized spacial score (nSPS) is 11.3. The first kappa shape index (κ1) is 22.4. The first-order valence-electron chi connectivity index (χ1n) is 9.35. The van der Waals surface area contributed by atoms with Crippen LogP contribution in [0.5, 0.6) is 0 Å². The first-order valence-corrected chi connectivity index (χ1v) is 10.2. The Bertz CT molecular complexity index is 1050. The third-order valence-electron chi connectivity index (χ3n) is 4.44. The topological polar surface area (TPSA) is 111 Å². The number of carbonyl (C=O) groups excluding carboxylic acids is 2. The molecule has 29 heavy (non-hydrogen) atoms. The number of benzene rings is 1. The molecule has 1 aromatic carbocycles. The molecule has 0 spiro atoms. The molecular weight excluding hydrogens is 386 g/mol. The van der Waals surface area contributed by atoms with E-state index < -0.39 is 5.91 Å². The van der Waals surface area contributed by atoms with Gasteiger partial charge in [0.15, 0.2) is 5.58 Å². The minimum Gasteiger partial charge on any atom is -0.447 e. The summed E-state index contributed by atoms with van der Waals surface area (Å²) >= 11 is 1.37. The average Bonchev–Trinajstić information content (AvgIpc) is 3.24. The van der Waals surface area contributed by atoms with Crippen molar-refractivity contribution < 1.29 is 14.0 Å². The van der Waals surface area contributed by atoms with Crippen LogP contribution in [0.25, 0.3) is 20.4 Å². The molecule has 0 aliphatic carbocycles. The Labute approximate surface area is 174 Å². The lowest BCUT2D eigenvalue weighted by Gasteiger charge is -2.03. The van der Waals surface area contributed by atoms with Gasteiger partial charge in [-0.15, -0.1) is 17.9 Å². The molecular formula is C22H27N3O3S. The highest BCUT2D eigenvalue weighted by Gasteiger charge is 2.20. The Morgan fingerprint density at radius 2 is 2.14 bits per heavy atom. The van der Waals surface area contributed by atoms with Crippen LogP contribution < -0.4 is 16.8 Å². The largest absolute Gasteiger partial charge is 0.447 e. The highest BCUT2D eigenvalue weighted by molar-refractivity contribution is 7.26. The Kier molecular flexibility index (Phi) is 8.18. The number of nitrogen functional groups attached to an aromatic ring is 1. The Morgan fingerprint density at radius 1 is 1.38 bits per heavy atom. The van der Waals surface area contributed by atoms with Crippen LogP contribution in [0.2, 0.25) is 0 Å². The number of aldehydes is 1. The molecule has 0 radical (unpaired) electrons. The summed E-state index contributed by atoms with van der Waals surface area (Å²) in [5, 5.41) is 3.97. The molecule has 3 aromatic rings. The number of amides is 1. The van der Waals surface area contributed by atoms with E-state index in [-0.39, 0.29) is 11.4 Å². The molecule has 5 N–H and O–H groups in total. The number of allylic oxidation sites excluding steroid dienone is 2. The summed E-state index contributed by atoms with van der Waals surface area (Å²) in [6.07, 6.45) is 8.50. The summed E-state index contributed by atoms with van der Waals surface area (Å²) < 4.78 is 6.98. The second-order valence-corrected chi connectivity index (χ2v) is 7.55. The maximum absolute atomic E-state index is 11.1. The van der Waals surface area contributed by atoms with E-state index in [4.69, 9.17) is 15.9 Å². The van der Waals surface area contributed by atoms with Crippen LogP contribution >= 0.6 is 11.3 Å². The van der Waals surface area contributed by atoms with Crippen molar-refractivity contribution in [2.75, 3.05) is 19.3 Å². The van der Waals surface area contributed by atoms with Gasteiger partial charge in [0.1, 0.15) is 12.0 Å². The fourth-order valence-corrected chi connectivity index (χ4v) is 4.05. The Balaban J connectivity index is 0.000000237. The zero-order valence-electron chi connectivity index (χ0n) is 16.8. The molecule has 0 saturated carbocycles. The van der Waals surface area contributed by atoms with Crippen molar-refractivity contribution in [3.05, 3.63) is 53.8 Å². The number of primary amides is 1.